The van der Waals surface area contributed by atoms with Crippen LogP contribution in [0.1, 0.15) is 42.6 Å². The number of anilines is 1. The summed E-state index contributed by atoms with van der Waals surface area (Å²) in [6, 6.07) is 5.26. The van der Waals surface area contributed by atoms with Crippen LogP contribution in [-0.4, -0.2) is 68.2 Å². The number of ether oxygens (including phenoxy) is 1. The highest BCUT2D eigenvalue weighted by Crippen LogP contribution is 2.38. The van der Waals surface area contributed by atoms with E-state index in [0.29, 0.717) is 11.6 Å². The van der Waals surface area contributed by atoms with Gasteiger partial charge >= 0.3 is 6.61 Å². The number of hydrogen-bond acceptors (Lipinski definition) is 9. The minimum Gasteiger partial charge on any atom is -0.434 e. The normalized spacial score (nSPS) is 15.0. The summed E-state index contributed by atoms with van der Waals surface area (Å²) in [5.41, 5.74) is 0.570. The standard InChI is InChI=1S/C29H31F2N9O4S/c1-3-24(18-7-10-32-11-8-18)40-16-20(14-34-40)45(42,43)19-5-6-25(44-29(30)31)21(13-19)26-23(17-38(2)37-26)36-28(41)22-15-35-39-12-4-9-33-27(22)39/h4-6,9,12-18,24,29,32H,3,7-8,10-11H2,1-2H3,(H,36,41). The number of sulfone groups is 1. The maximum atomic E-state index is 13.8. The van der Waals surface area contributed by atoms with Gasteiger partial charge in [-0.1, -0.05) is 6.92 Å². The molecule has 1 atom stereocenters. The number of carbonyl (C=O) groups excluding carboxylic acids is 1. The molecule has 0 aliphatic carbocycles. The SMILES string of the molecule is CCC(C1CCNCC1)n1cc(S(=O)(=O)c2ccc(OC(F)F)c(-c3nn(C)cc3NC(=O)c3cnn4cccnc34)c2)cn1. The van der Waals surface area contributed by atoms with E-state index < -0.39 is 22.4 Å². The minimum atomic E-state index is -4.14. The minimum absolute atomic E-state index is 0.0237. The summed E-state index contributed by atoms with van der Waals surface area (Å²) in [6.07, 6.45) is 11.5. The molecule has 1 saturated heterocycles. The van der Waals surface area contributed by atoms with Gasteiger partial charge in [-0.25, -0.2) is 17.9 Å². The zero-order chi connectivity index (χ0) is 31.7. The Bertz CT molecular complexity index is 1950. The van der Waals surface area contributed by atoms with Crippen LogP contribution >= 0.6 is 0 Å². The number of halogens is 2. The Hall–Kier alpha value is -4.70. The largest absolute Gasteiger partial charge is 0.434 e. The van der Waals surface area contributed by atoms with E-state index in [-0.39, 0.29) is 44.1 Å². The lowest BCUT2D eigenvalue weighted by atomic mass is 9.89. The van der Waals surface area contributed by atoms with Crippen molar-refractivity contribution in [1.82, 2.24) is 39.5 Å². The van der Waals surface area contributed by atoms with Crippen molar-refractivity contribution in [3.8, 4) is 17.0 Å². The summed E-state index contributed by atoms with van der Waals surface area (Å²) in [5.74, 6) is -0.536. The van der Waals surface area contributed by atoms with Crippen molar-refractivity contribution in [2.75, 3.05) is 18.4 Å². The first-order valence-electron chi connectivity index (χ1n) is 14.4. The number of nitrogens with zero attached hydrogens (tertiary/aromatic N) is 7. The molecule has 2 N–H and O–H groups in total. The summed E-state index contributed by atoms with van der Waals surface area (Å²) < 4.78 is 63.9. The number of piperidine rings is 1. The van der Waals surface area contributed by atoms with Gasteiger partial charge in [-0.2, -0.15) is 24.1 Å². The van der Waals surface area contributed by atoms with E-state index in [1.165, 1.54) is 52.3 Å². The van der Waals surface area contributed by atoms with E-state index >= 15 is 0 Å². The molecule has 45 heavy (non-hydrogen) atoms. The van der Waals surface area contributed by atoms with Gasteiger partial charge in [0.25, 0.3) is 5.91 Å². The van der Waals surface area contributed by atoms with Crippen molar-refractivity contribution in [2.45, 2.75) is 48.6 Å². The molecule has 0 radical (unpaired) electrons. The second kappa shape index (κ2) is 12.4. The summed E-state index contributed by atoms with van der Waals surface area (Å²) in [5, 5.41) is 18.9. The molecule has 1 aliphatic heterocycles. The van der Waals surface area contributed by atoms with Crippen LogP contribution in [0, 0.1) is 5.92 Å². The predicted octanol–water partition coefficient (Wildman–Crippen LogP) is 3.96. The first kappa shape index (κ1) is 30.3. The Balaban J connectivity index is 1.36. The van der Waals surface area contributed by atoms with Crippen LogP contribution in [0.5, 0.6) is 5.75 Å². The lowest BCUT2D eigenvalue weighted by Gasteiger charge is -2.30. The molecule has 1 fully saturated rings. The van der Waals surface area contributed by atoms with Crippen molar-refractivity contribution < 1.29 is 26.7 Å². The van der Waals surface area contributed by atoms with Crippen molar-refractivity contribution in [3.63, 3.8) is 0 Å². The Morgan fingerprint density at radius 2 is 1.96 bits per heavy atom. The number of aryl methyl sites for hydroxylation is 1. The number of rotatable bonds is 10. The second-order valence-electron chi connectivity index (χ2n) is 10.7. The average Bonchev–Trinajstić information content (AvgIpc) is 3.77. The van der Waals surface area contributed by atoms with Crippen LogP contribution in [-0.2, 0) is 16.9 Å². The molecular weight excluding hydrogens is 608 g/mol. The van der Waals surface area contributed by atoms with Gasteiger partial charge in [0.1, 0.15) is 21.9 Å². The predicted molar refractivity (Wildman–Crippen MR) is 159 cm³/mol. The van der Waals surface area contributed by atoms with E-state index in [1.54, 1.807) is 24.0 Å². The Morgan fingerprint density at radius 1 is 1.16 bits per heavy atom. The maximum absolute atomic E-state index is 13.8. The fourth-order valence-corrected chi connectivity index (χ4v) is 6.98. The van der Waals surface area contributed by atoms with Gasteiger partial charge in [0.2, 0.25) is 9.84 Å². The number of hydrogen-bond donors (Lipinski definition) is 2. The lowest BCUT2D eigenvalue weighted by molar-refractivity contribution is -0.0494. The maximum Gasteiger partial charge on any atom is 0.387 e. The van der Waals surface area contributed by atoms with Gasteiger partial charge < -0.3 is 15.4 Å². The fraction of sp³-hybridized carbons (Fsp3) is 0.345. The van der Waals surface area contributed by atoms with Crippen LogP contribution in [0.2, 0.25) is 0 Å². The molecule has 0 bridgehead atoms. The molecule has 0 spiro atoms. The van der Waals surface area contributed by atoms with Crippen LogP contribution in [0.4, 0.5) is 14.5 Å². The van der Waals surface area contributed by atoms with Gasteiger partial charge in [0.15, 0.2) is 5.65 Å². The monoisotopic (exact) mass is 639 g/mol. The van der Waals surface area contributed by atoms with E-state index in [1.807, 2.05) is 6.92 Å². The zero-order valence-corrected chi connectivity index (χ0v) is 25.3. The number of aromatic nitrogens is 7. The number of fused-ring (bicyclic) bond motifs is 1. The third-order valence-corrected chi connectivity index (χ3v) is 9.61. The second-order valence-corrected chi connectivity index (χ2v) is 12.7. The number of carbonyl (C=O) groups is 1. The molecule has 6 rings (SSSR count). The molecule has 236 valence electrons. The Morgan fingerprint density at radius 3 is 2.71 bits per heavy atom. The number of nitrogens with one attached hydrogen (secondary N) is 2. The highest BCUT2D eigenvalue weighted by molar-refractivity contribution is 7.91. The molecule has 1 amide bonds. The zero-order valence-electron chi connectivity index (χ0n) is 24.5. The smallest absolute Gasteiger partial charge is 0.387 e. The molecular formula is C29H31F2N9O4S. The van der Waals surface area contributed by atoms with Gasteiger partial charge in [-0.3, -0.25) is 14.2 Å². The first-order chi connectivity index (χ1) is 21.7. The number of alkyl halides is 2. The third kappa shape index (κ3) is 6.02. The molecule has 4 aromatic heterocycles. The highest BCUT2D eigenvalue weighted by Gasteiger charge is 2.29. The van der Waals surface area contributed by atoms with Crippen LogP contribution in [0.25, 0.3) is 16.9 Å². The van der Waals surface area contributed by atoms with E-state index in [9.17, 15) is 22.0 Å². The summed E-state index contributed by atoms with van der Waals surface area (Å²) in [7, 11) is -2.56. The quantitative estimate of drug-likeness (QED) is 0.231. The average molecular weight is 640 g/mol. The van der Waals surface area contributed by atoms with E-state index in [4.69, 9.17) is 4.74 Å². The molecule has 1 aliphatic rings. The van der Waals surface area contributed by atoms with Crippen molar-refractivity contribution in [2.24, 2.45) is 13.0 Å². The third-order valence-electron chi connectivity index (χ3n) is 7.91. The molecule has 13 nitrogen and oxygen atoms in total. The number of amides is 1. The van der Waals surface area contributed by atoms with E-state index in [0.717, 1.165) is 38.4 Å². The summed E-state index contributed by atoms with van der Waals surface area (Å²) in [6.45, 7) is 0.647. The first-order valence-corrected chi connectivity index (χ1v) is 15.9. The van der Waals surface area contributed by atoms with Crippen LogP contribution in [0.15, 0.2) is 71.2 Å². The molecule has 16 heteroatoms. The molecule has 0 saturated carbocycles. The topological polar surface area (TPSA) is 150 Å². The molecule has 1 unspecified atom stereocenters. The van der Waals surface area contributed by atoms with Crippen molar-refractivity contribution in [1.29, 1.82) is 0 Å². The van der Waals surface area contributed by atoms with Gasteiger partial charge in [0, 0.05) is 37.4 Å². The number of benzene rings is 1. The van der Waals surface area contributed by atoms with Crippen LogP contribution < -0.4 is 15.4 Å². The molecule has 5 heterocycles. The Labute approximate surface area is 257 Å². The fourth-order valence-electron chi connectivity index (χ4n) is 5.76. The lowest BCUT2D eigenvalue weighted by Crippen LogP contribution is -2.32. The Kier molecular flexibility index (Phi) is 8.33. The van der Waals surface area contributed by atoms with Gasteiger partial charge in [0.05, 0.1) is 29.0 Å². The highest BCUT2D eigenvalue weighted by atomic mass is 32.2. The molecule has 5 aromatic rings. The molecule has 1 aromatic carbocycles. The summed E-state index contributed by atoms with van der Waals surface area (Å²) >= 11 is 0. The van der Waals surface area contributed by atoms with Gasteiger partial charge in [-0.05, 0) is 62.5 Å². The van der Waals surface area contributed by atoms with E-state index in [2.05, 4.69) is 30.9 Å². The van der Waals surface area contributed by atoms with Gasteiger partial charge in [-0.15, -0.1) is 0 Å². The van der Waals surface area contributed by atoms with Crippen molar-refractivity contribution in [3.05, 3.63) is 67.0 Å². The van der Waals surface area contributed by atoms with Crippen LogP contribution in [0.3, 0.4) is 0 Å². The van der Waals surface area contributed by atoms with Crippen molar-refractivity contribution >= 4 is 27.1 Å². The summed E-state index contributed by atoms with van der Waals surface area (Å²) in [4.78, 5) is 17.2.